The number of piperidine rings is 1. The molecule has 18 heavy (non-hydrogen) atoms. The molecule has 0 spiro atoms. The van der Waals surface area contributed by atoms with Crippen molar-refractivity contribution >= 4 is 5.52 Å². The number of pyridine rings is 1. The van der Waals surface area contributed by atoms with Crippen molar-refractivity contribution in [1.29, 1.82) is 0 Å². The molecule has 0 amide bonds. The first-order valence-electron chi connectivity index (χ1n) is 6.97. The van der Waals surface area contributed by atoms with Crippen LogP contribution in [-0.4, -0.2) is 27.4 Å². The molecule has 0 aliphatic carbocycles. The van der Waals surface area contributed by atoms with Crippen LogP contribution in [0.5, 0.6) is 0 Å². The number of likely N-dealkylation sites (tertiary alicyclic amines) is 1. The first kappa shape index (κ1) is 11.7. The summed E-state index contributed by atoms with van der Waals surface area (Å²) >= 11 is 0. The van der Waals surface area contributed by atoms with E-state index in [1.165, 1.54) is 42.7 Å². The molecule has 1 unspecified atom stereocenters. The standard InChI is InChI=1S/C15H21N3/c1-3-17-8-5-4-6-14(17)15-16-11-13-10-12(2)7-9-18(13)15/h7,9-11,14H,3-6,8H2,1-2H3. The second kappa shape index (κ2) is 4.73. The first-order valence-corrected chi connectivity index (χ1v) is 6.97. The van der Waals surface area contributed by atoms with Crippen LogP contribution in [0.2, 0.25) is 0 Å². The summed E-state index contributed by atoms with van der Waals surface area (Å²) in [7, 11) is 0. The second-order valence-electron chi connectivity index (χ2n) is 5.26. The van der Waals surface area contributed by atoms with Gasteiger partial charge in [0.15, 0.2) is 0 Å². The lowest BCUT2D eigenvalue weighted by Crippen LogP contribution is -2.34. The van der Waals surface area contributed by atoms with Gasteiger partial charge >= 0.3 is 0 Å². The largest absolute Gasteiger partial charge is 0.302 e. The van der Waals surface area contributed by atoms with Gasteiger partial charge in [0.2, 0.25) is 0 Å². The molecule has 1 atom stereocenters. The molecule has 3 rings (SSSR count). The summed E-state index contributed by atoms with van der Waals surface area (Å²) in [6, 6.07) is 4.86. The van der Waals surface area contributed by atoms with Crippen LogP contribution in [0.25, 0.3) is 5.52 Å². The van der Waals surface area contributed by atoms with Crippen LogP contribution in [-0.2, 0) is 0 Å². The van der Waals surface area contributed by atoms with Crippen LogP contribution in [0.1, 0.15) is 43.6 Å². The molecule has 3 heteroatoms. The summed E-state index contributed by atoms with van der Waals surface area (Å²) < 4.78 is 2.26. The molecule has 2 aromatic rings. The number of aromatic nitrogens is 2. The van der Waals surface area contributed by atoms with Gasteiger partial charge in [0, 0.05) is 6.20 Å². The summed E-state index contributed by atoms with van der Waals surface area (Å²) in [5.41, 5.74) is 2.51. The van der Waals surface area contributed by atoms with Crippen molar-refractivity contribution in [3.05, 3.63) is 35.9 Å². The van der Waals surface area contributed by atoms with Gasteiger partial charge < -0.3 is 4.40 Å². The summed E-state index contributed by atoms with van der Waals surface area (Å²) in [6.07, 6.45) is 8.05. The highest BCUT2D eigenvalue weighted by atomic mass is 15.2. The lowest BCUT2D eigenvalue weighted by molar-refractivity contribution is 0.149. The van der Waals surface area contributed by atoms with Gasteiger partial charge in [0.25, 0.3) is 0 Å². The van der Waals surface area contributed by atoms with Gasteiger partial charge in [-0.05, 0) is 50.6 Å². The van der Waals surface area contributed by atoms with E-state index in [0.717, 1.165) is 6.54 Å². The van der Waals surface area contributed by atoms with E-state index in [1.54, 1.807) is 0 Å². The van der Waals surface area contributed by atoms with Gasteiger partial charge in [-0.15, -0.1) is 0 Å². The van der Waals surface area contributed by atoms with Gasteiger partial charge in [0.05, 0.1) is 17.8 Å². The Kier molecular flexibility index (Phi) is 3.08. The molecule has 0 radical (unpaired) electrons. The third kappa shape index (κ3) is 1.93. The Labute approximate surface area is 108 Å². The normalized spacial score (nSPS) is 21.6. The number of rotatable bonds is 2. The zero-order valence-electron chi connectivity index (χ0n) is 11.3. The number of nitrogens with zero attached hydrogens (tertiary/aromatic N) is 3. The average Bonchev–Trinajstić information content (AvgIpc) is 2.81. The van der Waals surface area contributed by atoms with Crippen LogP contribution in [0.4, 0.5) is 0 Å². The van der Waals surface area contributed by atoms with Gasteiger partial charge in [0.1, 0.15) is 5.82 Å². The van der Waals surface area contributed by atoms with E-state index in [1.807, 2.05) is 6.20 Å². The fourth-order valence-electron chi connectivity index (χ4n) is 3.04. The SMILES string of the molecule is CCN1CCCCC1c1ncc2cc(C)ccn12. The molecule has 2 aromatic heterocycles. The highest BCUT2D eigenvalue weighted by Crippen LogP contribution is 2.30. The van der Waals surface area contributed by atoms with Crippen molar-refractivity contribution in [1.82, 2.24) is 14.3 Å². The fraction of sp³-hybridized carbons (Fsp3) is 0.533. The summed E-state index contributed by atoms with van der Waals surface area (Å²) in [4.78, 5) is 7.23. The van der Waals surface area contributed by atoms with E-state index in [2.05, 4.69) is 46.5 Å². The lowest BCUT2D eigenvalue weighted by atomic mass is 10.0. The molecular formula is C15H21N3. The van der Waals surface area contributed by atoms with E-state index in [9.17, 15) is 0 Å². The summed E-state index contributed by atoms with van der Waals surface area (Å²) in [6.45, 7) is 6.71. The third-order valence-corrected chi connectivity index (χ3v) is 4.03. The predicted octanol–water partition coefficient (Wildman–Crippen LogP) is 3.19. The Balaban J connectivity index is 2.02. The van der Waals surface area contributed by atoms with Crippen molar-refractivity contribution in [2.75, 3.05) is 13.1 Å². The smallest absolute Gasteiger partial charge is 0.130 e. The van der Waals surface area contributed by atoms with Crippen molar-refractivity contribution in [3.8, 4) is 0 Å². The number of imidazole rings is 1. The van der Waals surface area contributed by atoms with E-state index < -0.39 is 0 Å². The maximum absolute atomic E-state index is 4.68. The van der Waals surface area contributed by atoms with Gasteiger partial charge in [-0.1, -0.05) is 13.3 Å². The molecule has 1 aliphatic heterocycles. The van der Waals surface area contributed by atoms with Crippen molar-refractivity contribution in [2.24, 2.45) is 0 Å². The monoisotopic (exact) mass is 243 g/mol. The van der Waals surface area contributed by atoms with Crippen LogP contribution < -0.4 is 0 Å². The molecule has 96 valence electrons. The maximum atomic E-state index is 4.68. The molecule has 3 nitrogen and oxygen atoms in total. The van der Waals surface area contributed by atoms with Crippen LogP contribution >= 0.6 is 0 Å². The number of fused-ring (bicyclic) bond motifs is 1. The van der Waals surface area contributed by atoms with Gasteiger partial charge in [-0.25, -0.2) is 4.98 Å². The Morgan fingerprint density at radius 1 is 1.39 bits per heavy atom. The van der Waals surface area contributed by atoms with E-state index in [4.69, 9.17) is 0 Å². The third-order valence-electron chi connectivity index (χ3n) is 4.03. The fourth-order valence-corrected chi connectivity index (χ4v) is 3.04. The Morgan fingerprint density at radius 2 is 2.28 bits per heavy atom. The van der Waals surface area contributed by atoms with Crippen molar-refractivity contribution < 1.29 is 0 Å². The van der Waals surface area contributed by atoms with E-state index >= 15 is 0 Å². The minimum atomic E-state index is 0.494. The molecular weight excluding hydrogens is 222 g/mol. The minimum absolute atomic E-state index is 0.494. The van der Waals surface area contributed by atoms with Crippen LogP contribution in [0.3, 0.4) is 0 Å². The zero-order valence-corrected chi connectivity index (χ0v) is 11.3. The van der Waals surface area contributed by atoms with E-state index in [-0.39, 0.29) is 0 Å². The van der Waals surface area contributed by atoms with Crippen molar-refractivity contribution in [2.45, 2.75) is 39.2 Å². The summed E-state index contributed by atoms with van der Waals surface area (Å²) in [5.74, 6) is 1.21. The van der Waals surface area contributed by atoms with Gasteiger partial charge in [-0.2, -0.15) is 0 Å². The van der Waals surface area contributed by atoms with Crippen molar-refractivity contribution in [3.63, 3.8) is 0 Å². The Morgan fingerprint density at radius 3 is 3.11 bits per heavy atom. The topological polar surface area (TPSA) is 20.5 Å². The molecule has 0 bridgehead atoms. The van der Waals surface area contributed by atoms with E-state index in [0.29, 0.717) is 6.04 Å². The molecule has 3 heterocycles. The number of hydrogen-bond donors (Lipinski definition) is 0. The highest BCUT2D eigenvalue weighted by molar-refractivity contribution is 5.48. The minimum Gasteiger partial charge on any atom is -0.302 e. The molecule has 0 aromatic carbocycles. The quantitative estimate of drug-likeness (QED) is 0.807. The number of hydrogen-bond acceptors (Lipinski definition) is 2. The Bertz CT molecular complexity index is 544. The summed E-state index contributed by atoms with van der Waals surface area (Å²) in [5, 5.41) is 0. The molecule has 0 saturated carbocycles. The first-order chi connectivity index (χ1) is 8.79. The zero-order chi connectivity index (χ0) is 12.5. The van der Waals surface area contributed by atoms with Crippen LogP contribution in [0.15, 0.2) is 24.5 Å². The average molecular weight is 243 g/mol. The number of aryl methyl sites for hydroxylation is 1. The van der Waals surface area contributed by atoms with Gasteiger partial charge in [-0.3, -0.25) is 4.90 Å². The molecule has 0 N–H and O–H groups in total. The van der Waals surface area contributed by atoms with Crippen LogP contribution in [0, 0.1) is 6.92 Å². The molecule has 1 fully saturated rings. The highest BCUT2D eigenvalue weighted by Gasteiger charge is 2.25. The lowest BCUT2D eigenvalue weighted by Gasteiger charge is -2.33. The predicted molar refractivity (Wildman–Crippen MR) is 73.8 cm³/mol. The molecule has 1 saturated heterocycles. The Hall–Kier alpha value is -1.35. The maximum Gasteiger partial charge on any atom is 0.130 e. The molecule has 1 aliphatic rings. The second-order valence-corrected chi connectivity index (χ2v) is 5.26.